The summed E-state index contributed by atoms with van der Waals surface area (Å²) in [4.78, 5) is 26.9. The SMILES string of the molecule is CCC(=O)N[C@@](Nc1ncc(Cl)cc1Cl)(C(=O)OC)C(F)(F)F. The molecule has 0 saturated heterocycles. The van der Waals surface area contributed by atoms with Gasteiger partial charge >= 0.3 is 17.8 Å². The molecule has 0 aliphatic carbocycles. The van der Waals surface area contributed by atoms with Crippen LogP contribution in [0.4, 0.5) is 19.0 Å². The number of ether oxygens (including phenoxy) is 1. The first-order valence-electron chi connectivity index (χ1n) is 6.12. The van der Waals surface area contributed by atoms with E-state index in [0.717, 1.165) is 19.4 Å². The number of pyridine rings is 1. The number of esters is 1. The van der Waals surface area contributed by atoms with Gasteiger partial charge in [-0.2, -0.15) is 13.2 Å². The fraction of sp³-hybridized carbons (Fsp3) is 0.417. The number of alkyl halides is 3. The zero-order chi connectivity index (χ0) is 17.8. The van der Waals surface area contributed by atoms with E-state index in [4.69, 9.17) is 23.2 Å². The summed E-state index contributed by atoms with van der Waals surface area (Å²) in [5.74, 6) is -3.32. The Balaban J connectivity index is 3.42. The second-order valence-electron chi connectivity index (χ2n) is 4.25. The van der Waals surface area contributed by atoms with E-state index in [-0.39, 0.29) is 16.5 Å². The summed E-state index contributed by atoms with van der Waals surface area (Å²) in [7, 11) is 0.750. The van der Waals surface area contributed by atoms with E-state index in [2.05, 4.69) is 9.72 Å². The number of carbonyl (C=O) groups excluding carboxylic acids is 2. The minimum Gasteiger partial charge on any atom is -0.466 e. The number of halogens is 5. The van der Waals surface area contributed by atoms with Crippen LogP contribution in [0.2, 0.25) is 10.0 Å². The van der Waals surface area contributed by atoms with E-state index in [0.29, 0.717) is 0 Å². The summed E-state index contributed by atoms with van der Waals surface area (Å²) in [5, 5.41) is 3.19. The van der Waals surface area contributed by atoms with Crippen molar-refractivity contribution < 1.29 is 27.5 Å². The van der Waals surface area contributed by atoms with Crippen LogP contribution in [-0.2, 0) is 14.3 Å². The Morgan fingerprint density at radius 3 is 2.39 bits per heavy atom. The molecule has 0 unspecified atom stereocenters. The molecule has 0 fully saturated rings. The van der Waals surface area contributed by atoms with Gasteiger partial charge in [0, 0.05) is 12.6 Å². The maximum atomic E-state index is 13.5. The van der Waals surface area contributed by atoms with Gasteiger partial charge in [-0.25, -0.2) is 9.78 Å². The van der Waals surface area contributed by atoms with Gasteiger partial charge in [-0.05, 0) is 6.07 Å². The van der Waals surface area contributed by atoms with E-state index in [9.17, 15) is 22.8 Å². The van der Waals surface area contributed by atoms with Gasteiger partial charge in [0.1, 0.15) is 5.82 Å². The molecule has 0 saturated carbocycles. The zero-order valence-corrected chi connectivity index (χ0v) is 13.4. The van der Waals surface area contributed by atoms with E-state index >= 15 is 0 Å². The minimum absolute atomic E-state index is 0.0776. The Kier molecular flexibility index (Phi) is 6.06. The highest BCUT2D eigenvalue weighted by Crippen LogP contribution is 2.35. The molecule has 128 valence electrons. The second-order valence-corrected chi connectivity index (χ2v) is 5.09. The smallest absolute Gasteiger partial charge is 0.441 e. The molecule has 0 bridgehead atoms. The molecular weight excluding hydrogens is 362 g/mol. The number of aromatic nitrogens is 1. The van der Waals surface area contributed by atoms with Crippen molar-refractivity contribution in [3.05, 3.63) is 22.3 Å². The molecule has 0 aromatic carbocycles. The van der Waals surface area contributed by atoms with Gasteiger partial charge < -0.3 is 15.4 Å². The maximum absolute atomic E-state index is 13.5. The van der Waals surface area contributed by atoms with Gasteiger partial charge in [0.2, 0.25) is 5.91 Å². The fourth-order valence-corrected chi connectivity index (χ4v) is 1.95. The van der Waals surface area contributed by atoms with Crippen LogP contribution in [0.15, 0.2) is 12.3 Å². The van der Waals surface area contributed by atoms with Crippen LogP contribution < -0.4 is 10.6 Å². The van der Waals surface area contributed by atoms with Gasteiger partial charge in [-0.15, -0.1) is 0 Å². The standard InChI is InChI=1S/C12H12Cl2F3N3O3/c1-3-8(21)19-11(10(22)23-2,12(15,16)17)20-9-7(14)4-6(13)5-18-9/h4-5H,3H2,1-2H3,(H,18,20)(H,19,21)/t11-/m1/s1. The molecule has 1 atom stereocenters. The first-order chi connectivity index (χ1) is 10.6. The first-order valence-corrected chi connectivity index (χ1v) is 6.88. The third kappa shape index (κ3) is 4.17. The highest BCUT2D eigenvalue weighted by Gasteiger charge is 2.63. The van der Waals surface area contributed by atoms with Crippen molar-refractivity contribution in [2.24, 2.45) is 0 Å². The molecule has 0 aliphatic heterocycles. The van der Waals surface area contributed by atoms with Crippen molar-refractivity contribution in [2.75, 3.05) is 12.4 Å². The minimum atomic E-state index is -5.24. The Bertz CT molecular complexity index is 613. The van der Waals surface area contributed by atoms with Crippen molar-refractivity contribution in [1.82, 2.24) is 10.3 Å². The van der Waals surface area contributed by atoms with Gasteiger partial charge in [-0.1, -0.05) is 30.1 Å². The lowest BCUT2D eigenvalue weighted by atomic mass is 10.1. The molecule has 1 amide bonds. The molecule has 1 heterocycles. The fourth-order valence-electron chi connectivity index (χ4n) is 1.53. The molecule has 0 radical (unpaired) electrons. The second kappa shape index (κ2) is 7.22. The van der Waals surface area contributed by atoms with E-state index in [1.165, 1.54) is 6.92 Å². The number of anilines is 1. The number of carbonyl (C=O) groups is 2. The number of nitrogens with one attached hydrogen (secondary N) is 2. The molecule has 23 heavy (non-hydrogen) atoms. The lowest BCUT2D eigenvalue weighted by molar-refractivity contribution is -0.206. The summed E-state index contributed by atoms with van der Waals surface area (Å²) in [6.07, 6.45) is -4.51. The Hall–Kier alpha value is -1.74. The van der Waals surface area contributed by atoms with Crippen LogP contribution in [0, 0.1) is 0 Å². The summed E-state index contributed by atoms with van der Waals surface area (Å²) in [5.41, 5.74) is -3.54. The quantitative estimate of drug-likeness (QED) is 0.612. The monoisotopic (exact) mass is 373 g/mol. The van der Waals surface area contributed by atoms with Crippen LogP contribution in [-0.4, -0.2) is 35.8 Å². The largest absolute Gasteiger partial charge is 0.466 e. The van der Waals surface area contributed by atoms with Crippen LogP contribution in [0.5, 0.6) is 0 Å². The molecule has 1 aromatic heterocycles. The van der Waals surface area contributed by atoms with Crippen LogP contribution in [0.1, 0.15) is 13.3 Å². The van der Waals surface area contributed by atoms with Crippen molar-refractivity contribution in [1.29, 1.82) is 0 Å². The summed E-state index contributed by atoms with van der Waals surface area (Å²) in [6, 6.07) is 1.12. The van der Waals surface area contributed by atoms with Gasteiger partial charge in [0.15, 0.2) is 0 Å². The predicted molar refractivity (Wildman–Crippen MR) is 77.1 cm³/mol. The van der Waals surface area contributed by atoms with Crippen LogP contribution >= 0.6 is 23.2 Å². The Morgan fingerprint density at radius 1 is 1.35 bits per heavy atom. The van der Waals surface area contributed by atoms with Crippen LogP contribution in [0.25, 0.3) is 0 Å². The molecule has 0 aliphatic rings. The summed E-state index contributed by atoms with van der Waals surface area (Å²) in [6.45, 7) is 1.32. The number of amides is 1. The summed E-state index contributed by atoms with van der Waals surface area (Å²) >= 11 is 11.4. The van der Waals surface area contributed by atoms with Gasteiger partial charge in [0.05, 0.1) is 17.2 Å². The van der Waals surface area contributed by atoms with Crippen molar-refractivity contribution in [2.45, 2.75) is 25.2 Å². The van der Waals surface area contributed by atoms with Crippen molar-refractivity contribution in [3.63, 3.8) is 0 Å². The number of nitrogens with zero attached hydrogens (tertiary/aromatic N) is 1. The molecule has 11 heteroatoms. The van der Waals surface area contributed by atoms with Crippen molar-refractivity contribution in [3.8, 4) is 0 Å². The molecule has 6 nitrogen and oxygen atoms in total. The predicted octanol–water partition coefficient (Wildman–Crippen LogP) is 2.76. The molecule has 0 spiro atoms. The average Bonchev–Trinajstić information content (AvgIpc) is 2.46. The normalized spacial score (nSPS) is 13.9. The highest BCUT2D eigenvalue weighted by atomic mass is 35.5. The van der Waals surface area contributed by atoms with E-state index in [1.807, 2.05) is 5.32 Å². The van der Waals surface area contributed by atoms with Gasteiger partial charge in [0.25, 0.3) is 0 Å². The summed E-state index contributed by atoms with van der Waals surface area (Å²) < 4.78 is 44.8. The average molecular weight is 374 g/mol. The van der Waals surface area contributed by atoms with E-state index in [1.54, 1.807) is 5.32 Å². The van der Waals surface area contributed by atoms with Crippen molar-refractivity contribution >= 4 is 40.9 Å². The highest BCUT2D eigenvalue weighted by molar-refractivity contribution is 6.36. The number of rotatable bonds is 5. The number of hydrogen-bond acceptors (Lipinski definition) is 5. The number of methoxy groups -OCH3 is 1. The third-order valence-electron chi connectivity index (χ3n) is 2.68. The number of hydrogen-bond donors (Lipinski definition) is 2. The first kappa shape index (κ1) is 19.3. The lowest BCUT2D eigenvalue weighted by Crippen LogP contribution is -2.69. The topological polar surface area (TPSA) is 80.3 Å². The lowest BCUT2D eigenvalue weighted by Gasteiger charge is -2.34. The zero-order valence-electron chi connectivity index (χ0n) is 11.9. The Morgan fingerprint density at radius 2 is 1.96 bits per heavy atom. The van der Waals surface area contributed by atoms with Crippen LogP contribution in [0.3, 0.4) is 0 Å². The maximum Gasteiger partial charge on any atom is 0.441 e. The van der Waals surface area contributed by atoms with E-state index < -0.39 is 29.5 Å². The third-order valence-corrected chi connectivity index (χ3v) is 3.17. The Labute approximate surface area is 139 Å². The molecule has 1 rings (SSSR count). The van der Waals surface area contributed by atoms with Gasteiger partial charge in [-0.3, -0.25) is 4.79 Å². The molecule has 2 N–H and O–H groups in total. The molecular formula is C12H12Cl2F3N3O3. The molecule has 1 aromatic rings.